The molecule has 2 heterocycles. The predicted molar refractivity (Wildman–Crippen MR) is 114 cm³/mol. The summed E-state index contributed by atoms with van der Waals surface area (Å²) >= 11 is 5.33. The number of ether oxygens (including phenoxy) is 1. The number of morpholine rings is 1. The van der Waals surface area contributed by atoms with Gasteiger partial charge in [-0.25, -0.2) is 0 Å². The number of H-pyrrole nitrogens is 1. The fourth-order valence-electron chi connectivity index (χ4n) is 3.23. The molecule has 1 saturated heterocycles. The van der Waals surface area contributed by atoms with E-state index >= 15 is 0 Å². The number of benzene rings is 1. The van der Waals surface area contributed by atoms with Crippen molar-refractivity contribution in [2.24, 2.45) is 0 Å². The van der Waals surface area contributed by atoms with E-state index in [0.29, 0.717) is 18.1 Å². The maximum Gasteiger partial charge on any atom is 0.251 e. The number of fused-ring (bicyclic) bond motifs is 1. The van der Waals surface area contributed by atoms with Gasteiger partial charge in [-0.1, -0.05) is 0 Å². The number of hydrogen-bond acceptors (Lipinski definition) is 4. The summed E-state index contributed by atoms with van der Waals surface area (Å²) < 4.78 is 5.34. The highest BCUT2D eigenvalue weighted by atomic mass is 32.1. The van der Waals surface area contributed by atoms with Crippen LogP contribution in [0.25, 0.3) is 10.9 Å². The number of aromatic amines is 1. The van der Waals surface area contributed by atoms with E-state index in [1.54, 1.807) is 0 Å². The van der Waals surface area contributed by atoms with Gasteiger partial charge in [-0.05, 0) is 67.2 Å². The molecule has 1 aliphatic rings. The Morgan fingerprint density at radius 2 is 1.85 bits per heavy atom. The molecule has 0 unspecified atom stereocenters. The molecule has 3 rings (SSSR count). The third-order valence-corrected chi connectivity index (χ3v) is 5.32. The zero-order valence-corrected chi connectivity index (χ0v) is 16.9. The Bertz CT molecular complexity index is 859. The van der Waals surface area contributed by atoms with Gasteiger partial charge in [0.25, 0.3) is 5.56 Å². The molecule has 3 N–H and O–H groups in total. The van der Waals surface area contributed by atoms with E-state index in [1.807, 2.05) is 12.1 Å². The third kappa shape index (κ3) is 5.51. The molecular weight excluding hydrogens is 360 g/mol. The average molecular weight is 389 g/mol. The number of rotatable bonds is 6. The van der Waals surface area contributed by atoms with Crippen LogP contribution in [0.5, 0.6) is 0 Å². The van der Waals surface area contributed by atoms with Crippen molar-refractivity contribution in [1.82, 2.24) is 20.5 Å². The van der Waals surface area contributed by atoms with Crippen molar-refractivity contribution in [3.8, 4) is 0 Å². The van der Waals surface area contributed by atoms with Gasteiger partial charge in [0, 0.05) is 43.8 Å². The third-order valence-electron chi connectivity index (χ3n) is 5.03. The maximum absolute atomic E-state index is 12.3. The molecule has 27 heavy (non-hydrogen) atoms. The van der Waals surface area contributed by atoms with Gasteiger partial charge in [0.15, 0.2) is 5.11 Å². The van der Waals surface area contributed by atoms with Crippen molar-refractivity contribution < 1.29 is 4.74 Å². The second-order valence-electron chi connectivity index (χ2n) is 7.03. The molecule has 2 aromatic rings. The molecule has 0 aliphatic carbocycles. The van der Waals surface area contributed by atoms with E-state index in [2.05, 4.69) is 40.4 Å². The van der Waals surface area contributed by atoms with Crippen LogP contribution in [0.4, 0.5) is 0 Å². The Kier molecular flexibility index (Phi) is 6.82. The second-order valence-corrected chi connectivity index (χ2v) is 7.44. The van der Waals surface area contributed by atoms with Crippen molar-refractivity contribution in [1.29, 1.82) is 0 Å². The minimum atomic E-state index is -0.0289. The molecule has 1 aromatic carbocycles. The molecule has 1 aromatic heterocycles. The Morgan fingerprint density at radius 3 is 2.63 bits per heavy atom. The van der Waals surface area contributed by atoms with E-state index in [-0.39, 0.29) is 5.56 Å². The van der Waals surface area contributed by atoms with Gasteiger partial charge >= 0.3 is 0 Å². The summed E-state index contributed by atoms with van der Waals surface area (Å²) in [5.41, 5.74) is 4.04. The van der Waals surface area contributed by atoms with E-state index < -0.39 is 0 Å². The molecule has 0 saturated carbocycles. The topological polar surface area (TPSA) is 69.4 Å². The summed E-state index contributed by atoms with van der Waals surface area (Å²) in [5, 5.41) is 8.11. The largest absolute Gasteiger partial charge is 0.379 e. The molecule has 0 atom stereocenters. The standard InChI is InChI=1S/C20H28N4O2S/c1-14-11-17-13-16(19(25)23-18(17)12-15(14)2)3-4-21-20(27)22-5-6-24-7-9-26-10-8-24/h11-13H,3-10H2,1-2H3,(H,23,25)(H2,21,22,27). The molecule has 0 bridgehead atoms. The van der Waals surface area contributed by atoms with Gasteiger partial charge in [-0.2, -0.15) is 0 Å². The molecule has 0 amide bonds. The van der Waals surface area contributed by atoms with Gasteiger partial charge in [0.1, 0.15) is 0 Å². The highest BCUT2D eigenvalue weighted by Gasteiger charge is 2.09. The average Bonchev–Trinajstić information content (AvgIpc) is 2.65. The minimum absolute atomic E-state index is 0.0289. The van der Waals surface area contributed by atoms with Gasteiger partial charge in [-0.15, -0.1) is 0 Å². The molecule has 6 nitrogen and oxygen atoms in total. The lowest BCUT2D eigenvalue weighted by molar-refractivity contribution is 0.0389. The lowest BCUT2D eigenvalue weighted by Gasteiger charge is -2.26. The van der Waals surface area contributed by atoms with Crippen molar-refractivity contribution in [2.45, 2.75) is 20.3 Å². The summed E-state index contributed by atoms with van der Waals surface area (Å²) in [5.74, 6) is 0. The second kappa shape index (κ2) is 9.30. The molecule has 146 valence electrons. The van der Waals surface area contributed by atoms with Crippen LogP contribution in [0, 0.1) is 13.8 Å². The number of thiocarbonyl (C=S) groups is 1. The van der Waals surface area contributed by atoms with E-state index in [0.717, 1.165) is 55.9 Å². The lowest BCUT2D eigenvalue weighted by Crippen LogP contribution is -2.44. The molecule has 0 spiro atoms. The number of pyridine rings is 1. The van der Waals surface area contributed by atoms with Crippen LogP contribution in [0.15, 0.2) is 23.0 Å². The van der Waals surface area contributed by atoms with Gasteiger partial charge < -0.3 is 20.4 Å². The number of aromatic nitrogens is 1. The normalized spacial score (nSPS) is 15.0. The first-order valence-corrected chi connectivity index (χ1v) is 9.89. The molecule has 1 fully saturated rings. The Hall–Kier alpha value is -1.96. The summed E-state index contributed by atoms with van der Waals surface area (Å²) in [6.45, 7) is 10.1. The molecule has 1 aliphatic heterocycles. The fraction of sp³-hybridized carbons (Fsp3) is 0.500. The molecule has 7 heteroatoms. The highest BCUT2D eigenvalue weighted by molar-refractivity contribution is 7.80. The predicted octanol–water partition coefficient (Wildman–Crippen LogP) is 1.48. The van der Waals surface area contributed by atoms with Crippen molar-refractivity contribution in [3.05, 3.63) is 45.2 Å². The van der Waals surface area contributed by atoms with Crippen molar-refractivity contribution >= 4 is 28.2 Å². The lowest BCUT2D eigenvalue weighted by atomic mass is 10.0. The van der Waals surface area contributed by atoms with Crippen molar-refractivity contribution in [3.63, 3.8) is 0 Å². The zero-order valence-electron chi connectivity index (χ0n) is 16.1. The highest BCUT2D eigenvalue weighted by Crippen LogP contribution is 2.17. The monoisotopic (exact) mass is 388 g/mol. The first kappa shape index (κ1) is 19.8. The van der Waals surface area contributed by atoms with E-state index in [1.165, 1.54) is 11.1 Å². The van der Waals surface area contributed by atoms with Gasteiger partial charge in [0.05, 0.1) is 13.2 Å². The summed E-state index contributed by atoms with van der Waals surface area (Å²) in [6, 6.07) is 6.13. The molecule has 0 radical (unpaired) electrons. The Labute approximate surface area is 165 Å². The SMILES string of the molecule is Cc1cc2cc(CCNC(=S)NCCN3CCOCC3)c(=O)[nH]c2cc1C. The minimum Gasteiger partial charge on any atom is -0.379 e. The summed E-state index contributed by atoms with van der Waals surface area (Å²) in [7, 11) is 0. The maximum atomic E-state index is 12.3. The Balaban J connectivity index is 1.46. The number of hydrogen-bond donors (Lipinski definition) is 3. The zero-order chi connectivity index (χ0) is 19.2. The van der Waals surface area contributed by atoms with Gasteiger partial charge in [-0.3, -0.25) is 9.69 Å². The summed E-state index contributed by atoms with van der Waals surface area (Å²) in [4.78, 5) is 17.7. The van der Waals surface area contributed by atoms with E-state index in [9.17, 15) is 4.79 Å². The van der Waals surface area contributed by atoms with E-state index in [4.69, 9.17) is 17.0 Å². The van der Waals surface area contributed by atoms with Crippen LogP contribution >= 0.6 is 12.2 Å². The molecular formula is C20H28N4O2S. The quantitative estimate of drug-likeness (QED) is 0.652. The van der Waals surface area contributed by atoms with Crippen LogP contribution in [0.1, 0.15) is 16.7 Å². The number of aryl methyl sites for hydroxylation is 2. The van der Waals surface area contributed by atoms with Crippen LogP contribution in [-0.2, 0) is 11.2 Å². The summed E-state index contributed by atoms with van der Waals surface area (Å²) in [6.07, 6.45) is 0.628. The van der Waals surface area contributed by atoms with Crippen LogP contribution in [0.3, 0.4) is 0 Å². The van der Waals surface area contributed by atoms with Crippen molar-refractivity contribution in [2.75, 3.05) is 45.9 Å². The number of nitrogens with zero attached hydrogens (tertiary/aromatic N) is 1. The van der Waals surface area contributed by atoms with Crippen LogP contribution in [-0.4, -0.2) is 60.9 Å². The van der Waals surface area contributed by atoms with Gasteiger partial charge in [0.2, 0.25) is 0 Å². The first-order valence-electron chi connectivity index (χ1n) is 9.48. The Morgan fingerprint density at radius 1 is 1.15 bits per heavy atom. The van der Waals surface area contributed by atoms with Crippen LogP contribution < -0.4 is 16.2 Å². The van der Waals surface area contributed by atoms with Crippen LogP contribution in [0.2, 0.25) is 0 Å². The smallest absolute Gasteiger partial charge is 0.251 e. The number of nitrogens with one attached hydrogen (secondary N) is 3. The fourth-order valence-corrected chi connectivity index (χ4v) is 3.44. The first-order chi connectivity index (χ1) is 13.0.